The normalized spacial score (nSPS) is 10.2. The maximum absolute atomic E-state index is 12.8. The predicted molar refractivity (Wildman–Crippen MR) is 67.9 cm³/mol. The highest BCUT2D eigenvalue weighted by Crippen LogP contribution is 2.26. The van der Waals surface area contributed by atoms with Gasteiger partial charge in [-0.25, -0.2) is 4.39 Å². The Labute approximate surface area is 105 Å². The fraction of sp³-hybridized carbons (Fsp3) is 0.133. The molecule has 2 nitrogen and oxygen atoms in total. The number of esters is 1. The highest BCUT2D eigenvalue weighted by Gasteiger charge is 2.05. The van der Waals surface area contributed by atoms with Crippen molar-refractivity contribution in [3.05, 3.63) is 53.8 Å². The Morgan fingerprint density at radius 2 is 1.67 bits per heavy atom. The predicted octanol–water partition coefficient (Wildman–Crippen LogP) is 3.73. The average Bonchev–Trinajstić information content (AvgIpc) is 2.32. The fourth-order valence-electron chi connectivity index (χ4n) is 1.74. The van der Waals surface area contributed by atoms with Crippen LogP contribution in [0.3, 0.4) is 0 Å². The van der Waals surface area contributed by atoms with Crippen LogP contribution < -0.4 is 4.74 Å². The van der Waals surface area contributed by atoms with Gasteiger partial charge in [0, 0.05) is 6.92 Å². The van der Waals surface area contributed by atoms with Gasteiger partial charge in [0.25, 0.3) is 0 Å². The van der Waals surface area contributed by atoms with Gasteiger partial charge in [0.05, 0.1) is 0 Å². The van der Waals surface area contributed by atoms with Crippen LogP contribution in [0, 0.1) is 12.7 Å². The molecular formula is C15H13FO2. The van der Waals surface area contributed by atoms with E-state index in [9.17, 15) is 9.18 Å². The van der Waals surface area contributed by atoms with E-state index in [1.54, 1.807) is 18.2 Å². The Kier molecular flexibility index (Phi) is 3.42. The van der Waals surface area contributed by atoms with Crippen LogP contribution in [0.15, 0.2) is 42.5 Å². The molecule has 0 aliphatic rings. The summed E-state index contributed by atoms with van der Waals surface area (Å²) in [5.74, 6) is -0.0481. The summed E-state index contributed by atoms with van der Waals surface area (Å²) < 4.78 is 17.9. The van der Waals surface area contributed by atoms with Crippen molar-refractivity contribution in [1.82, 2.24) is 0 Å². The highest BCUT2D eigenvalue weighted by molar-refractivity contribution is 5.71. The summed E-state index contributed by atoms with van der Waals surface area (Å²) in [6, 6.07) is 11.8. The summed E-state index contributed by atoms with van der Waals surface area (Å²) in [6.45, 7) is 3.23. The molecule has 0 fully saturated rings. The molecule has 0 saturated heterocycles. The first-order chi connectivity index (χ1) is 8.56. The molecule has 3 heteroatoms. The zero-order valence-electron chi connectivity index (χ0n) is 10.2. The molecule has 92 valence electrons. The number of benzene rings is 2. The van der Waals surface area contributed by atoms with Gasteiger partial charge in [-0.05, 0) is 47.9 Å². The Bertz CT molecular complexity index is 574. The molecule has 2 rings (SSSR count). The number of halogens is 1. The maximum atomic E-state index is 12.8. The van der Waals surface area contributed by atoms with Crippen molar-refractivity contribution in [2.45, 2.75) is 13.8 Å². The minimum Gasteiger partial charge on any atom is -0.426 e. The van der Waals surface area contributed by atoms with E-state index >= 15 is 0 Å². The van der Waals surface area contributed by atoms with Crippen LogP contribution in [0.25, 0.3) is 11.1 Å². The van der Waals surface area contributed by atoms with E-state index in [0.717, 1.165) is 16.7 Å². The monoisotopic (exact) mass is 244 g/mol. The van der Waals surface area contributed by atoms with Crippen molar-refractivity contribution in [3.8, 4) is 16.9 Å². The van der Waals surface area contributed by atoms with Gasteiger partial charge in [-0.3, -0.25) is 4.79 Å². The van der Waals surface area contributed by atoms with Gasteiger partial charge in [-0.1, -0.05) is 18.2 Å². The Hall–Kier alpha value is -2.16. The van der Waals surface area contributed by atoms with E-state index in [2.05, 4.69) is 0 Å². The van der Waals surface area contributed by atoms with E-state index < -0.39 is 0 Å². The van der Waals surface area contributed by atoms with Crippen molar-refractivity contribution < 1.29 is 13.9 Å². The minimum atomic E-state index is -0.340. The highest BCUT2D eigenvalue weighted by atomic mass is 19.1. The van der Waals surface area contributed by atoms with Crippen LogP contribution >= 0.6 is 0 Å². The second-order valence-electron chi connectivity index (χ2n) is 4.08. The molecule has 0 aromatic heterocycles. The van der Waals surface area contributed by atoms with E-state index in [1.807, 2.05) is 19.1 Å². The molecule has 0 unspecified atom stereocenters. The van der Waals surface area contributed by atoms with E-state index in [1.165, 1.54) is 19.1 Å². The van der Waals surface area contributed by atoms with Crippen LogP contribution in [0.4, 0.5) is 4.39 Å². The van der Waals surface area contributed by atoms with Crippen LogP contribution in [0.1, 0.15) is 12.5 Å². The van der Waals surface area contributed by atoms with Crippen molar-refractivity contribution in [2.75, 3.05) is 0 Å². The van der Waals surface area contributed by atoms with Crippen LogP contribution in [0.5, 0.6) is 5.75 Å². The molecular weight excluding hydrogens is 231 g/mol. The summed E-state index contributed by atoms with van der Waals surface area (Å²) in [5, 5.41) is 0. The summed E-state index contributed by atoms with van der Waals surface area (Å²) in [7, 11) is 0. The SMILES string of the molecule is CC(=O)Oc1ccc(-c2ccc(F)cc2)cc1C. The zero-order chi connectivity index (χ0) is 13.1. The van der Waals surface area contributed by atoms with Gasteiger partial charge >= 0.3 is 5.97 Å². The van der Waals surface area contributed by atoms with E-state index in [0.29, 0.717) is 5.75 Å². The average molecular weight is 244 g/mol. The lowest BCUT2D eigenvalue weighted by Gasteiger charge is -2.08. The zero-order valence-corrected chi connectivity index (χ0v) is 10.2. The first kappa shape index (κ1) is 12.3. The van der Waals surface area contributed by atoms with Crippen LogP contribution in [-0.4, -0.2) is 5.97 Å². The molecule has 0 aliphatic heterocycles. The quantitative estimate of drug-likeness (QED) is 0.594. The van der Waals surface area contributed by atoms with Crippen molar-refractivity contribution in [1.29, 1.82) is 0 Å². The molecule has 0 radical (unpaired) electrons. The lowest BCUT2D eigenvalue weighted by molar-refractivity contribution is -0.131. The van der Waals surface area contributed by atoms with Crippen molar-refractivity contribution >= 4 is 5.97 Å². The molecule has 0 N–H and O–H groups in total. The van der Waals surface area contributed by atoms with Gasteiger partial charge < -0.3 is 4.74 Å². The lowest BCUT2D eigenvalue weighted by atomic mass is 10.0. The molecule has 0 atom stereocenters. The van der Waals surface area contributed by atoms with Crippen LogP contribution in [-0.2, 0) is 4.79 Å². The third kappa shape index (κ3) is 2.74. The Morgan fingerprint density at radius 3 is 2.22 bits per heavy atom. The summed E-state index contributed by atoms with van der Waals surface area (Å²) in [5.41, 5.74) is 2.75. The number of hydrogen-bond acceptors (Lipinski definition) is 2. The Morgan fingerprint density at radius 1 is 1.06 bits per heavy atom. The van der Waals surface area contributed by atoms with Gasteiger partial charge in [-0.2, -0.15) is 0 Å². The molecule has 2 aromatic carbocycles. The number of aryl methyl sites for hydroxylation is 1. The van der Waals surface area contributed by atoms with Gasteiger partial charge in [0.2, 0.25) is 0 Å². The van der Waals surface area contributed by atoms with E-state index in [4.69, 9.17) is 4.74 Å². The first-order valence-electron chi connectivity index (χ1n) is 5.61. The molecule has 0 aliphatic carbocycles. The molecule has 18 heavy (non-hydrogen) atoms. The number of carbonyl (C=O) groups excluding carboxylic acids is 1. The minimum absolute atomic E-state index is 0.257. The third-order valence-corrected chi connectivity index (χ3v) is 2.61. The smallest absolute Gasteiger partial charge is 0.308 e. The molecule has 0 amide bonds. The standard InChI is InChI=1S/C15H13FO2/c1-10-9-13(5-8-15(10)18-11(2)17)12-3-6-14(16)7-4-12/h3-9H,1-2H3. The summed E-state index contributed by atoms with van der Waals surface area (Å²) in [6.07, 6.45) is 0. The van der Waals surface area contributed by atoms with E-state index in [-0.39, 0.29) is 11.8 Å². The Balaban J connectivity index is 2.33. The van der Waals surface area contributed by atoms with Crippen molar-refractivity contribution in [3.63, 3.8) is 0 Å². The maximum Gasteiger partial charge on any atom is 0.308 e. The largest absolute Gasteiger partial charge is 0.426 e. The molecule has 0 spiro atoms. The molecule has 0 saturated carbocycles. The topological polar surface area (TPSA) is 26.3 Å². The molecule has 0 heterocycles. The number of carbonyl (C=O) groups is 1. The third-order valence-electron chi connectivity index (χ3n) is 2.61. The van der Waals surface area contributed by atoms with Gasteiger partial charge in [0.15, 0.2) is 0 Å². The molecule has 0 bridgehead atoms. The number of rotatable bonds is 2. The second kappa shape index (κ2) is 5.00. The number of hydrogen-bond donors (Lipinski definition) is 0. The summed E-state index contributed by atoms with van der Waals surface area (Å²) in [4.78, 5) is 10.9. The van der Waals surface area contributed by atoms with Gasteiger partial charge in [-0.15, -0.1) is 0 Å². The second-order valence-corrected chi connectivity index (χ2v) is 4.08. The first-order valence-corrected chi connectivity index (χ1v) is 5.61. The van der Waals surface area contributed by atoms with Crippen molar-refractivity contribution in [2.24, 2.45) is 0 Å². The fourth-order valence-corrected chi connectivity index (χ4v) is 1.74. The molecule has 2 aromatic rings. The number of ether oxygens (including phenoxy) is 1. The lowest BCUT2D eigenvalue weighted by Crippen LogP contribution is -2.02. The summed E-state index contributed by atoms with van der Waals surface area (Å²) >= 11 is 0. The van der Waals surface area contributed by atoms with Gasteiger partial charge in [0.1, 0.15) is 11.6 Å². The van der Waals surface area contributed by atoms with Crippen LogP contribution in [0.2, 0.25) is 0 Å².